The molecule has 9 heteroatoms. The van der Waals surface area contributed by atoms with E-state index >= 15 is 0 Å². The molecule has 8 nitrogen and oxygen atoms in total. The van der Waals surface area contributed by atoms with Gasteiger partial charge in [0.05, 0.1) is 16.3 Å². The summed E-state index contributed by atoms with van der Waals surface area (Å²) in [6.07, 6.45) is 0. The van der Waals surface area contributed by atoms with Gasteiger partial charge in [0, 0.05) is 19.2 Å². The lowest BCUT2D eigenvalue weighted by atomic mass is 10.1. The summed E-state index contributed by atoms with van der Waals surface area (Å²) >= 11 is 0. The average molecular weight is 491 g/mol. The first-order chi connectivity index (χ1) is 16.7. The highest BCUT2D eigenvalue weighted by molar-refractivity contribution is 7.89. The van der Waals surface area contributed by atoms with Crippen molar-refractivity contribution in [3.8, 4) is 5.69 Å². The van der Waals surface area contributed by atoms with Crippen LogP contribution in [-0.4, -0.2) is 23.7 Å². The Hall–Kier alpha value is -3.95. The lowest BCUT2D eigenvalue weighted by Gasteiger charge is -2.11. The zero-order chi connectivity index (χ0) is 25.2. The number of anilines is 1. The second-order valence-corrected chi connectivity index (χ2v) is 9.92. The molecule has 0 aliphatic rings. The number of carbonyl (C=O) groups excluding carboxylic acids is 1. The van der Waals surface area contributed by atoms with Gasteiger partial charge in [0.2, 0.25) is 10.0 Å². The van der Waals surface area contributed by atoms with Crippen LogP contribution in [0.15, 0.2) is 88.6 Å². The van der Waals surface area contributed by atoms with Crippen LogP contribution in [0.4, 0.5) is 5.69 Å². The van der Waals surface area contributed by atoms with Gasteiger partial charge in [0.25, 0.3) is 11.5 Å². The van der Waals surface area contributed by atoms with E-state index in [4.69, 9.17) is 0 Å². The number of hydrogen-bond donors (Lipinski definition) is 2. The van der Waals surface area contributed by atoms with Gasteiger partial charge in [0.1, 0.15) is 5.69 Å². The monoisotopic (exact) mass is 490 g/mol. The Kier molecular flexibility index (Phi) is 6.72. The molecule has 4 aromatic rings. The number of benzene rings is 3. The summed E-state index contributed by atoms with van der Waals surface area (Å²) in [6, 6.07) is 22.7. The Morgan fingerprint density at radius 2 is 1.54 bits per heavy atom. The lowest BCUT2D eigenvalue weighted by Crippen LogP contribution is -2.25. The lowest BCUT2D eigenvalue weighted by molar-refractivity contribution is 0.102. The molecule has 0 atom stereocenters. The molecule has 0 fully saturated rings. The fraction of sp³-hybridized carbons (Fsp3) is 0.154. The van der Waals surface area contributed by atoms with Crippen molar-refractivity contribution >= 4 is 21.6 Å². The van der Waals surface area contributed by atoms with Crippen LogP contribution in [0.1, 0.15) is 27.2 Å². The summed E-state index contributed by atoms with van der Waals surface area (Å²) in [4.78, 5) is 26.2. The Labute approximate surface area is 203 Å². The molecule has 1 heterocycles. The molecule has 0 saturated carbocycles. The van der Waals surface area contributed by atoms with E-state index in [1.807, 2.05) is 48.5 Å². The van der Waals surface area contributed by atoms with E-state index < -0.39 is 15.9 Å². The molecule has 2 N–H and O–H groups in total. The first-order valence-corrected chi connectivity index (χ1v) is 12.5. The SMILES string of the molecule is Cc1ccc(C(=O)Nc2c(C)n(C)n(-c3ccccc3)c2=O)cc1S(=O)(=O)NCc1ccccc1. The van der Waals surface area contributed by atoms with E-state index in [-0.39, 0.29) is 28.3 Å². The van der Waals surface area contributed by atoms with Crippen LogP contribution in [0.25, 0.3) is 5.69 Å². The van der Waals surface area contributed by atoms with Gasteiger partial charge in [-0.2, -0.15) is 0 Å². The van der Waals surface area contributed by atoms with Crippen molar-refractivity contribution in [1.29, 1.82) is 0 Å². The number of carbonyl (C=O) groups is 1. The molecule has 180 valence electrons. The highest BCUT2D eigenvalue weighted by Gasteiger charge is 2.22. The van der Waals surface area contributed by atoms with Crippen LogP contribution >= 0.6 is 0 Å². The van der Waals surface area contributed by atoms with Crippen LogP contribution in [0.2, 0.25) is 0 Å². The number of aromatic nitrogens is 2. The summed E-state index contributed by atoms with van der Waals surface area (Å²) in [7, 11) is -2.14. The van der Waals surface area contributed by atoms with Crippen molar-refractivity contribution in [1.82, 2.24) is 14.1 Å². The molecule has 0 aliphatic heterocycles. The number of amides is 1. The van der Waals surface area contributed by atoms with Crippen molar-refractivity contribution in [2.75, 3.05) is 5.32 Å². The van der Waals surface area contributed by atoms with Gasteiger partial charge in [-0.25, -0.2) is 17.8 Å². The minimum absolute atomic E-state index is 0.00700. The zero-order valence-electron chi connectivity index (χ0n) is 19.6. The maximum absolute atomic E-state index is 13.1. The molecule has 4 rings (SSSR count). The van der Waals surface area contributed by atoms with E-state index in [0.717, 1.165) is 5.56 Å². The maximum atomic E-state index is 13.1. The van der Waals surface area contributed by atoms with Crippen molar-refractivity contribution in [3.63, 3.8) is 0 Å². The maximum Gasteiger partial charge on any atom is 0.295 e. The highest BCUT2D eigenvalue weighted by Crippen LogP contribution is 2.20. The molecule has 1 aromatic heterocycles. The molecule has 35 heavy (non-hydrogen) atoms. The molecule has 1 amide bonds. The first-order valence-electron chi connectivity index (χ1n) is 11.0. The topological polar surface area (TPSA) is 102 Å². The molecular weight excluding hydrogens is 464 g/mol. The van der Waals surface area contributed by atoms with Gasteiger partial charge in [-0.15, -0.1) is 0 Å². The second kappa shape index (κ2) is 9.73. The number of aryl methyl sites for hydroxylation is 1. The van der Waals surface area contributed by atoms with Crippen molar-refractivity contribution < 1.29 is 13.2 Å². The molecule has 0 aliphatic carbocycles. The van der Waals surface area contributed by atoms with Gasteiger partial charge in [-0.1, -0.05) is 54.6 Å². The Bertz CT molecular complexity index is 1540. The molecular formula is C26H26N4O4S. The molecule has 3 aromatic carbocycles. The third-order valence-corrected chi connectivity index (χ3v) is 7.38. The quantitative estimate of drug-likeness (QED) is 0.414. The number of sulfonamides is 1. The third kappa shape index (κ3) is 4.96. The minimum atomic E-state index is -3.87. The minimum Gasteiger partial charge on any atom is -0.316 e. The number of nitrogens with zero attached hydrogens (tertiary/aromatic N) is 2. The average Bonchev–Trinajstić information content (AvgIpc) is 3.07. The molecule has 0 saturated heterocycles. The van der Waals surface area contributed by atoms with Crippen LogP contribution < -0.4 is 15.6 Å². The second-order valence-electron chi connectivity index (χ2n) is 8.18. The van der Waals surface area contributed by atoms with Crippen molar-refractivity contribution in [3.05, 3.63) is 112 Å². The van der Waals surface area contributed by atoms with Crippen LogP contribution in [0.3, 0.4) is 0 Å². The summed E-state index contributed by atoms with van der Waals surface area (Å²) in [5, 5.41) is 2.67. The van der Waals surface area contributed by atoms with Crippen LogP contribution in [0, 0.1) is 13.8 Å². The number of hydrogen-bond acceptors (Lipinski definition) is 4. The van der Waals surface area contributed by atoms with E-state index in [1.165, 1.54) is 16.8 Å². The fourth-order valence-corrected chi connectivity index (χ4v) is 5.07. The van der Waals surface area contributed by atoms with Gasteiger partial charge in [-0.05, 0) is 49.2 Å². The highest BCUT2D eigenvalue weighted by atomic mass is 32.2. The van der Waals surface area contributed by atoms with E-state index in [2.05, 4.69) is 10.0 Å². The number of nitrogens with one attached hydrogen (secondary N) is 2. The van der Waals surface area contributed by atoms with Crippen LogP contribution in [-0.2, 0) is 23.6 Å². The number of rotatable bonds is 7. The molecule has 0 unspecified atom stereocenters. The molecule has 0 spiro atoms. The van der Waals surface area contributed by atoms with E-state index in [9.17, 15) is 18.0 Å². The van der Waals surface area contributed by atoms with Crippen molar-refractivity contribution in [2.24, 2.45) is 7.05 Å². The van der Waals surface area contributed by atoms with E-state index in [1.54, 1.807) is 43.8 Å². The summed E-state index contributed by atoms with van der Waals surface area (Å²) in [5.41, 5.74) is 2.43. The third-order valence-electron chi connectivity index (χ3n) is 5.84. The van der Waals surface area contributed by atoms with Gasteiger partial charge < -0.3 is 5.32 Å². The van der Waals surface area contributed by atoms with E-state index in [0.29, 0.717) is 16.9 Å². The van der Waals surface area contributed by atoms with Crippen LogP contribution in [0.5, 0.6) is 0 Å². The normalized spacial score (nSPS) is 11.4. The summed E-state index contributed by atoms with van der Waals surface area (Å²) in [5.74, 6) is -0.574. The van der Waals surface area contributed by atoms with Gasteiger partial charge in [0.15, 0.2) is 0 Å². The number of para-hydroxylation sites is 1. The molecule has 0 bridgehead atoms. The Morgan fingerprint density at radius 3 is 2.20 bits per heavy atom. The Morgan fingerprint density at radius 1 is 0.914 bits per heavy atom. The van der Waals surface area contributed by atoms with Gasteiger partial charge >= 0.3 is 0 Å². The fourth-order valence-electron chi connectivity index (χ4n) is 3.78. The first kappa shape index (κ1) is 24.2. The predicted molar refractivity (Wildman–Crippen MR) is 135 cm³/mol. The molecule has 0 radical (unpaired) electrons. The zero-order valence-corrected chi connectivity index (χ0v) is 20.5. The summed E-state index contributed by atoms with van der Waals surface area (Å²) < 4.78 is 31.6. The largest absolute Gasteiger partial charge is 0.316 e. The van der Waals surface area contributed by atoms with Gasteiger partial charge in [-0.3, -0.25) is 14.3 Å². The Balaban J connectivity index is 1.61. The smallest absolute Gasteiger partial charge is 0.295 e. The standard InChI is InChI=1S/C26H26N4O4S/c1-18-14-15-21(16-23(18)35(33,34)27-17-20-10-6-4-7-11-20)25(31)28-24-19(2)29(3)30(26(24)32)22-12-8-5-9-13-22/h4-16,27H,17H2,1-3H3,(H,28,31). The van der Waals surface area contributed by atoms with Crippen molar-refractivity contribution in [2.45, 2.75) is 25.3 Å². The predicted octanol–water partition coefficient (Wildman–Crippen LogP) is 3.52. The summed E-state index contributed by atoms with van der Waals surface area (Å²) in [6.45, 7) is 3.52.